The lowest BCUT2D eigenvalue weighted by atomic mass is 10.1. The molecule has 0 aliphatic carbocycles. The van der Waals surface area contributed by atoms with Crippen LogP contribution in [0.25, 0.3) is 11.2 Å². The summed E-state index contributed by atoms with van der Waals surface area (Å²) in [6, 6.07) is 0. The van der Waals surface area contributed by atoms with Crippen LogP contribution in [0, 0.1) is 0 Å². The van der Waals surface area contributed by atoms with Crippen LogP contribution in [0.2, 0.25) is 5.28 Å². The number of anilines is 1. The highest BCUT2D eigenvalue weighted by atomic mass is 35.5. The van der Waals surface area contributed by atoms with Crippen molar-refractivity contribution in [3.63, 3.8) is 0 Å². The molecule has 0 unspecified atom stereocenters. The van der Waals surface area contributed by atoms with Gasteiger partial charge in [-0.1, -0.05) is 0 Å². The first-order valence-electron chi connectivity index (χ1n) is 5.74. The molecular weight excluding hydrogens is 238 g/mol. The zero-order valence-electron chi connectivity index (χ0n) is 9.30. The minimum Gasteiger partial charge on any atom is -0.355 e. The molecule has 0 spiro atoms. The topological polar surface area (TPSA) is 54.8 Å². The smallest absolute Gasteiger partial charge is 0.226 e. The lowest BCUT2D eigenvalue weighted by molar-refractivity contribution is 0.574. The van der Waals surface area contributed by atoms with E-state index in [1.165, 1.54) is 19.3 Å². The maximum Gasteiger partial charge on any atom is 0.226 e. The lowest BCUT2D eigenvalue weighted by Gasteiger charge is -2.27. The fraction of sp³-hybridized carbons (Fsp3) is 0.455. The van der Waals surface area contributed by atoms with Gasteiger partial charge < -0.3 is 4.90 Å². The predicted molar refractivity (Wildman–Crippen MR) is 66.2 cm³/mol. The van der Waals surface area contributed by atoms with E-state index in [9.17, 15) is 0 Å². The fourth-order valence-corrected chi connectivity index (χ4v) is 2.31. The van der Waals surface area contributed by atoms with E-state index < -0.39 is 0 Å². The predicted octanol–water partition coefficient (Wildman–Crippen LogP) is 2.06. The average molecular weight is 250 g/mol. The number of fused-ring (bicyclic) bond motifs is 1. The standard InChI is InChI=1S/C11H12ClN5/c12-11-15-9-8(13-4-5-14-9)10(16-11)17-6-2-1-3-7-17/h4-5H,1-3,6-7H2. The Bertz CT molecular complexity index is 538. The van der Waals surface area contributed by atoms with E-state index in [1.807, 2.05) is 0 Å². The van der Waals surface area contributed by atoms with E-state index in [0.717, 1.165) is 24.4 Å². The molecule has 0 bridgehead atoms. The van der Waals surface area contributed by atoms with Gasteiger partial charge >= 0.3 is 0 Å². The summed E-state index contributed by atoms with van der Waals surface area (Å²) in [5.41, 5.74) is 1.30. The highest BCUT2D eigenvalue weighted by Gasteiger charge is 2.17. The molecule has 0 aromatic carbocycles. The molecule has 3 heterocycles. The number of hydrogen-bond acceptors (Lipinski definition) is 5. The Hall–Kier alpha value is -1.49. The van der Waals surface area contributed by atoms with Gasteiger partial charge in [0.15, 0.2) is 17.0 Å². The monoisotopic (exact) mass is 249 g/mol. The number of aromatic nitrogens is 4. The Morgan fingerprint density at radius 3 is 2.59 bits per heavy atom. The molecule has 3 rings (SSSR count). The molecule has 0 saturated carbocycles. The summed E-state index contributed by atoms with van der Waals surface area (Å²) in [7, 11) is 0. The minimum absolute atomic E-state index is 0.235. The first-order valence-corrected chi connectivity index (χ1v) is 6.11. The molecule has 0 atom stereocenters. The normalized spacial score (nSPS) is 16.4. The van der Waals surface area contributed by atoms with Gasteiger partial charge in [0.1, 0.15) is 0 Å². The van der Waals surface area contributed by atoms with Crippen LogP contribution in [-0.2, 0) is 0 Å². The second-order valence-electron chi connectivity index (χ2n) is 4.09. The minimum atomic E-state index is 0.235. The van der Waals surface area contributed by atoms with Crippen LogP contribution in [0.4, 0.5) is 5.82 Å². The number of nitrogens with zero attached hydrogens (tertiary/aromatic N) is 5. The van der Waals surface area contributed by atoms with E-state index in [1.54, 1.807) is 12.4 Å². The van der Waals surface area contributed by atoms with Crippen molar-refractivity contribution in [1.29, 1.82) is 0 Å². The van der Waals surface area contributed by atoms with Crippen molar-refractivity contribution < 1.29 is 0 Å². The molecule has 1 aliphatic rings. The average Bonchev–Trinajstić information content (AvgIpc) is 2.39. The molecule has 17 heavy (non-hydrogen) atoms. The number of piperidine rings is 1. The molecule has 5 nitrogen and oxygen atoms in total. The number of rotatable bonds is 1. The second kappa shape index (κ2) is 4.41. The van der Waals surface area contributed by atoms with Crippen LogP contribution in [0.15, 0.2) is 12.4 Å². The highest BCUT2D eigenvalue weighted by molar-refractivity contribution is 6.28. The maximum atomic E-state index is 5.93. The number of hydrogen-bond donors (Lipinski definition) is 0. The third-order valence-corrected chi connectivity index (χ3v) is 3.11. The Labute approximate surface area is 104 Å². The van der Waals surface area contributed by atoms with Crippen LogP contribution < -0.4 is 4.90 Å². The van der Waals surface area contributed by atoms with Crippen molar-refractivity contribution >= 4 is 28.6 Å². The SMILES string of the molecule is Clc1nc(N2CCCCC2)c2nccnc2n1. The van der Waals surface area contributed by atoms with E-state index in [4.69, 9.17) is 11.6 Å². The molecule has 2 aromatic heterocycles. The van der Waals surface area contributed by atoms with Crippen LogP contribution >= 0.6 is 11.6 Å². The van der Waals surface area contributed by atoms with E-state index in [0.29, 0.717) is 5.65 Å². The third kappa shape index (κ3) is 2.02. The molecule has 88 valence electrons. The third-order valence-electron chi connectivity index (χ3n) is 2.94. The summed E-state index contributed by atoms with van der Waals surface area (Å²) in [6.45, 7) is 2.00. The zero-order valence-corrected chi connectivity index (χ0v) is 10.1. The Morgan fingerprint density at radius 1 is 1.00 bits per heavy atom. The molecule has 1 saturated heterocycles. The van der Waals surface area contributed by atoms with Crippen molar-refractivity contribution in [1.82, 2.24) is 19.9 Å². The molecule has 1 fully saturated rings. The highest BCUT2D eigenvalue weighted by Crippen LogP contribution is 2.24. The van der Waals surface area contributed by atoms with E-state index >= 15 is 0 Å². The molecular formula is C11H12ClN5. The maximum absolute atomic E-state index is 5.93. The van der Waals surface area contributed by atoms with E-state index in [2.05, 4.69) is 24.8 Å². The lowest BCUT2D eigenvalue weighted by Crippen LogP contribution is -2.30. The first-order chi connectivity index (χ1) is 8.34. The molecule has 0 N–H and O–H groups in total. The van der Waals surface area contributed by atoms with E-state index in [-0.39, 0.29) is 5.28 Å². The van der Waals surface area contributed by atoms with Crippen LogP contribution in [0.5, 0.6) is 0 Å². The second-order valence-corrected chi connectivity index (χ2v) is 4.43. The summed E-state index contributed by atoms with van der Waals surface area (Å²) >= 11 is 5.93. The van der Waals surface area contributed by atoms with Crippen molar-refractivity contribution in [3.05, 3.63) is 17.7 Å². The Balaban J connectivity index is 2.13. The fourth-order valence-electron chi connectivity index (χ4n) is 2.15. The van der Waals surface area contributed by atoms with Crippen LogP contribution in [0.1, 0.15) is 19.3 Å². The zero-order chi connectivity index (χ0) is 11.7. The summed E-state index contributed by atoms with van der Waals surface area (Å²) in [5, 5.41) is 0.235. The van der Waals surface area contributed by atoms with Crippen LogP contribution in [0.3, 0.4) is 0 Å². The largest absolute Gasteiger partial charge is 0.355 e. The summed E-state index contributed by atoms with van der Waals surface area (Å²) < 4.78 is 0. The van der Waals surface area contributed by atoms with Gasteiger partial charge in [-0.3, -0.25) is 0 Å². The van der Waals surface area contributed by atoms with Crippen molar-refractivity contribution in [2.75, 3.05) is 18.0 Å². The van der Waals surface area contributed by atoms with Crippen LogP contribution in [-0.4, -0.2) is 33.0 Å². The molecule has 2 aromatic rings. The quantitative estimate of drug-likeness (QED) is 0.724. The van der Waals surface area contributed by atoms with Gasteiger partial charge in [-0.15, -0.1) is 0 Å². The van der Waals surface area contributed by atoms with Gasteiger partial charge in [-0.05, 0) is 30.9 Å². The summed E-state index contributed by atoms with van der Waals surface area (Å²) in [6.07, 6.45) is 6.92. The van der Waals surface area contributed by atoms with Gasteiger partial charge in [0.25, 0.3) is 0 Å². The summed E-state index contributed by atoms with van der Waals surface area (Å²) in [5.74, 6) is 0.813. The molecule has 0 radical (unpaired) electrons. The van der Waals surface area contributed by atoms with Gasteiger partial charge in [0.05, 0.1) is 0 Å². The van der Waals surface area contributed by atoms with Crippen molar-refractivity contribution in [2.45, 2.75) is 19.3 Å². The molecule has 6 heteroatoms. The molecule has 1 aliphatic heterocycles. The number of halogens is 1. The van der Waals surface area contributed by atoms with Crippen molar-refractivity contribution in [3.8, 4) is 0 Å². The first kappa shape index (κ1) is 10.7. The van der Waals surface area contributed by atoms with Crippen molar-refractivity contribution in [2.24, 2.45) is 0 Å². The van der Waals surface area contributed by atoms with Gasteiger partial charge in [-0.2, -0.15) is 9.97 Å². The molecule has 0 amide bonds. The Morgan fingerprint density at radius 2 is 1.76 bits per heavy atom. The van der Waals surface area contributed by atoms with Gasteiger partial charge in [-0.25, -0.2) is 9.97 Å². The Kier molecular flexibility index (Phi) is 2.76. The summed E-state index contributed by atoms with van der Waals surface area (Å²) in [4.78, 5) is 19.1. The van der Waals surface area contributed by atoms with Gasteiger partial charge in [0.2, 0.25) is 5.28 Å². The van der Waals surface area contributed by atoms with Gasteiger partial charge in [0, 0.05) is 25.5 Å².